The number of hydrogen-bond acceptors (Lipinski definition) is 3. The second-order valence-corrected chi connectivity index (χ2v) is 3.10. The van der Waals surface area contributed by atoms with Gasteiger partial charge < -0.3 is 5.84 Å². The zero-order valence-corrected chi connectivity index (χ0v) is 7.76. The molecule has 86 valence electrons. The minimum atomic E-state index is -4.44. The van der Waals surface area contributed by atoms with Gasteiger partial charge in [-0.15, -0.1) is 0 Å². The molecule has 0 amide bonds. The van der Waals surface area contributed by atoms with Crippen LogP contribution in [0.2, 0.25) is 0 Å². The summed E-state index contributed by atoms with van der Waals surface area (Å²) in [5.41, 5.74) is 0. The fraction of sp³-hybridized carbons (Fsp3) is 0.714. The maximum atomic E-state index is 13.2. The molecule has 0 spiro atoms. The SMILES string of the molecule is C=NN1/C(=N\N)CCCC(F)(F)C1(F)F. The lowest BCUT2D eigenvalue weighted by atomic mass is 10.1. The van der Waals surface area contributed by atoms with E-state index in [-0.39, 0.29) is 17.9 Å². The van der Waals surface area contributed by atoms with Crippen molar-refractivity contribution in [1.29, 1.82) is 0 Å². The number of alkyl halides is 4. The number of nitrogens with two attached hydrogens (primary N) is 1. The molecule has 0 aromatic carbocycles. The number of hydrazone groups is 2. The second-order valence-electron chi connectivity index (χ2n) is 3.10. The van der Waals surface area contributed by atoms with E-state index >= 15 is 0 Å². The van der Waals surface area contributed by atoms with Crippen LogP contribution in [0.5, 0.6) is 0 Å². The highest BCUT2D eigenvalue weighted by molar-refractivity contribution is 5.82. The molecule has 1 heterocycles. The Labute approximate surface area is 83.4 Å². The fourth-order valence-electron chi connectivity index (χ4n) is 1.33. The third-order valence-corrected chi connectivity index (χ3v) is 2.13. The molecule has 0 aromatic rings. The summed E-state index contributed by atoms with van der Waals surface area (Å²) in [7, 11) is 0. The van der Waals surface area contributed by atoms with E-state index in [9.17, 15) is 17.6 Å². The Morgan fingerprint density at radius 2 is 1.93 bits per heavy atom. The largest absolute Gasteiger partial charge is 0.407 e. The Hall–Kier alpha value is -1.34. The Balaban J connectivity index is 3.17. The van der Waals surface area contributed by atoms with Crippen LogP contribution in [0.4, 0.5) is 17.6 Å². The van der Waals surface area contributed by atoms with Gasteiger partial charge in [-0.2, -0.15) is 32.8 Å². The molecule has 4 nitrogen and oxygen atoms in total. The molecule has 1 fully saturated rings. The van der Waals surface area contributed by atoms with Gasteiger partial charge in [-0.1, -0.05) is 0 Å². The molecule has 0 unspecified atom stereocenters. The quantitative estimate of drug-likeness (QED) is 0.243. The summed E-state index contributed by atoms with van der Waals surface area (Å²) in [6.45, 7) is 2.81. The summed E-state index contributed by atoms with van der Waals surface area (Å²) in [5.74, 6) is 0.266. The molecular weight excluding hydrogens is 216 g/mol. The van der Waals surface area contributed by atoms with E-state index in [1.54, 1.807) is 0 Å². The van der Waals surface area contributed by atoms with E-state index in [1.807, 2.05) is 0 Å². The summed E-state index contributed by atoms with van der Waals surface area (Å²) >= 11 is 0. The Morgan fingerprint density at radius 1 is 1.33 bits per heavy atom. The maximum absolute atomic E-state index is 13.2. The normalized spacial score (nSPS) is 27.5. The standard InChI is InChI=1S/C7H10F4N4/c1-13-15-5(14-12)3-2-4-6(8,9)7(15,10)11/h1-4,12H2/b14-5-. The zero-order valence-electron chi connectivity index (χ0n) is 7.76. The molecule has 0 saturated carbocycles. The molecule has 2 N–H and O–H groups in total. The molecule has 1 saturated heterocycles. The van der Waals surface area contributed by atoms with Gasteiger partial charge in [0, 0.05) is 19.6 Å². The maximum Gasteiger partial charge on any atom is 0.407 e. The van der Waals surface area contributed by atoms with Crippen molar-refractivity contribution in [3.05, 3.63) is 0 Å². The lowest BCUT2D eigenvalue weighted by Gasteiger charge is -2.31. The van der Waals surface area contributed by atoms with Crippen LogP contribution in [0, 0.1) is 0 Å². The third kappa shape index (κ3) is 1.75. The number of hydrogen-bond donors (Lipinski definition) is 1. The van der Waals surface area contributed by atoms with Crippen LogP contribution in [0.1, 0.15) is 19.3 Å². The molecule has 1 aliphatic heterocycles. The molecule has 1 rings (SSSR count). The molecule has 0 atom stereocenters. The summed E-state index contributed by atoms with van der Waals surface area (Å²) in [5, 5.41) is 5.66. The van der Waals surface area contributed by atoms with Crippen LogP contribution in [-0.2, 0) is 0 Å². The molecule has 8 heteroatoms. The van der Waals surface area contributed by atoms with Crippen molar-refractivity contribution in [3.8, 4) is 0 Å². The van der Waals surface area contributed by atoms with Crippen molar-refractivity contribution in [2.45, 2.75) is 31.2 Å². The first-order valence-electron chi connectivity index (χ1n) is 4.16. The van der Waals surface area contributed by atoms with E-state index in [2.05, 4.69) is 16.9 Å². The monoisotopic (exact) mass is 226 g/mol. The van der Waals surface area contributed by atoms with Gasteiger partial charge in [-0.3, -0.25) is 0 Å². The van der Waals surface area contributed by atoms with Gasteiger partial charge >= 0.3 is 12.0 Å². The van der Waals surface area contributed by atoms with Crippen molar-refractivity contribution >= 4 is 12.6 Å². The Morgan fingerprint density at radius 3 is 2.40 bits per heavy atom. The van der Waals surface area contributed by atoms with E-state index < -0.39 is 24.2 Å². The van der Waals surface area contributed by atoms with E-state index in [0.717, 1.165) is 0 Å². The minimum Gasteiger partial charge on any atom is -0.322 e. The average Bonchev–Trinajstić information content (AvgIpc) is 2.22. The van der Waals surface area contributed by atoms with Gasteiger partial charge in [-0.05, 0) is 6.42 Å². The van der Waals surface area contributed by atoms with Crippen LogP contribution >= 0.6 is 0 Å². The zero-order chi connectivity index (χ0) is 11.7. The first kappa shape index (κ1) is 11.7. The van der Waals surface area contributed by atoms with E-state index in [4.69, 9.17) is 5.84 Å². The predicted octanol–water partition coefficient (Wildman–Crippen LogP) is 1.59. The summed E-state index contributed by atoms with van der Waals surface area (Å²) < 4.78 is 52.5. The molecule has 0 bridgehead atoms. The molecule has 0 radical (unpaired) electrons. The predicted molar refractivity (Wildman–Crippen MR) is 46.8 cm³/mol. The number of halogens is 4. The molecular formula is C7H10F4N4. The Kier molecular flexibility index (Phi) is 2.87. The van der Waals surface area contributed by atoms with Crippen molar-refractivity contribution in [1.82, 2.24) is 5.01 Å². The van der Waals surface area contributed by atoms with Crippen LogP contribution in [0.15, 0.2) is 10.2 Å². The summed E-state index contributed by atoms with van der Waals surface area (Å²) in [6, 6.07) is -4.44. The van der Waals surface area contributed by atoms with Crippen LogP contribution in [0.3, 0.4) is 0 Å². The topological polar surface area (TPSA) is 54.0 Å². The first-order chi connectivity index (χ1) is 6.86. The van der Waals surface area contributed by atoms with Crippen LogP contribution in [-0.4, -0.2) is 29.5 Å². The van der Waals surface area contributed by atoms with Gasteiger partial charge in [0.1, 0.15) is 0 Å². The number of amidine groups is 1. The smallest absolute Gasteiger partial charge is 0.322 e. The van der Waals surface area contributed by atoms with E-state index in [0.29, 0.717) is 0 Å². The molecule has 0 aromatic heterocycles. The van der Waals surface area contributed by atoms with Gasteiger partial charge in [0.05, 0.1) is 0 Å². The van der Waals surface area contributed by atoms with Crippen molar-refractivity contribution in [3.63, 3.8) is 0 Å². The van der Waals surface area contributed by atoms with Crippen molar-refractivity contribution in [2.24, 2.45) is 16.0 Å². The lowest BCUT2D eigenvalue weighted by molar-refractivity contribution is -0.266. The number of rotatable bonds is 1. The third-order valence-electron chi connectivity index (χ3n) is 2.13. The molecule has 1 aliphatic rings. The molecule has 15 heavy (non-hydrogen) atoms. The summed E-state index contributed by atoms with van der Waals surface area (Å²) in [6.07, 6.45) is -1.16. The molecule has 0 aliphatic carbocycles. The number of nitrogens with zero attached hydrogens (tertiary/aromatic N) is 3. The second kappa shape index (κ2) is 3.67. The van der Waals surface area contributed by atoms with Crippen molar-refractivity contribution < 1.29 is 17.6 Å². The van der Waals surface area contributed by atoms with E-state index in [1.165, 1.54) is 0 Å². The van der Waals surface area contributed by atoms with Gasteiger partial charge in [0.25, 0.3) is 0 Å². The van der Waals surface area contributed by atoms with Crippen molar-refractivity contribution in [2.75, 3.05) is 0 Å². The highest BCUT2D eigenvalue weighted by atomic mass is 19.3. The van der Waals surface area contributed by atoms with Gasteiger partial charge in [0.2, 0.25) is 0 Å². The van der Waals surface area contributed by atoms with Gasteiger partial charge in [-0.25, -0.2) is 0 Å². The lowest BCUT2D eigenvalue weighted by Crippen LogP contribution is -2.52. The highest BCUT2D eigenvalue weighted by Gasteiger charge is 2.62. The van der Waals surface area contributed by atoms with Crippen LogP contribution in [0.25, 0.3) is 0 Å². The Bertz CT molecular complexity index is 289. The summed E-state index contributed by atoms with van der Waals surface area (Å²) in [4.78, 5) is 0. The van der Waals surface area contributed by atoms with Crippen LogP contribution < -0.4 is 5.84 Å². The minimum absolute atomic E-state index is 0.0826. The fourth-order valence-corrected chi connectivity index (χ4v) is 1.33. The first-order valence-corrected chi connectivity index (χ1v) is 4.16. The highest BCUT2D eigenvalue weighted by Crippen LogP contribution is 2.43. The van der Waals surface area contributed by atoms with Gasteiger partial charge in [0.15, 0.2) is 5.84 Å². The average molecular weight is 226 g/mol.